The molecule has 98 valence electrons. The summed E-state index contributed by atoms with van der Waals surface area (Å²) in [6.45, 7) is 2.35. The number of fused-ring (bicyclic) bond motifs is 2. The first-order valence-electron chi connectivity index (χ1n) is 7.68. The lowest BCUT2D eigenvalue weighted by molar-refractivity contribution is 0.0775. The van der Waals surface area contributed by atoms with Gasteiger partial charge in [-0.25, -0.2) is 0 Å². The van der Waals surface area contributed by atoms with Crippen LogP contribution in [0.3, 0.4) is 0 Å². The molecular weight excluding hydrogens is 210 g/mol. The molecular formula is C15H27NO. The Labute approximate surface area is 105 Å². The second-order valence-corrected chi connectivity index (χ2v) is 6.75. The smallest absolute Gasteiger partial charge is 0.0693 e. The largest absolute Gasteiger partial charge is 0.392 e. The minimum Gasteiger partial charge on any atom is -0.392 e. The van der Waals surface area contributed by atoms with E-state index in [0.29, 0.717) is 12.1 Å². The van der Waals surface area contributed by atoms with Crippen molar-refractivity contribution in [3.05, 3.63) is 0 Å². The fraction of sp³-hybridized carbons (Fsp3) is 1.00. The zero-order chi connectivity index (χ0) is 11.8. The number of hydrogen-bond acceptors (Lipinski definition) is 2. The highest BCUT2D eigenvalue weighted by Crippen LogP contribution is 2.49. The van der Waals surface area contributed by atoms with E-state index in [2.05, 4.69) is 12.2 Å². The molecule has 3 aliphatic rings. The number of hydrogen-bond donors (Lipinski definition) is 2. The van der Waals surface area contributed by atoms with Crippen LogP contribution in [0.5, 0.6) is 0 Å². The maximum Gasteiger partial charge on any atom is 0.0693 e. The fourth-order valence-electron chi connectivity index (χ4n) is 4.67. The normalized spacial score (nSPS) is 47.3. The monoisotopic (exact) mass is 237 g/mol. The van der Waals surface area contributed by atoms with Crippen LogP contribution in [0.25, 0.3) is 0 Å². The summed E-state index contributed by atoms with van der Waals surface area (Å²) in [6, 6.07) is 0.987. The molecule has 0 amide bonds. The van der Waals surface area contributed by atoms with Crippen LogP contribution in [0, 0.1) is 17.8 Å². The molecule has 0 aromatic heterocycles. The highest BCUT2D eigenvalue weighted by molar-refractivity contribution is 4.95. The molecule has 2 N–H and O–H groups in total. The standard InChI is InChI=1S/C15H27NO/c1-10(13-9-11-6-7-12(13)8-11)16-14-4-2-3-5-15(14)17/h10-17H,2-9H2,1H3/t10?,11?,12?,13?,14-,15-/m0/s1. The summed E-state index contributed by atoms with van der Waals surface area (Å²) in [5.41, 5.74) is 0. The second-order valence-electron chi connectivity index (χ2n) is 6.75. The zero-order valence-corrected chi connectivity index (χ0v) is 11.1. The van der Waals surface area contributed by atoms with Crippen molar-refractivity contribution in [3.8, 4) is 0 Å². The molecule has 3 rings (SSSR count). The van der Waals surface area contributed by atoms with Crippen LogP contribution in [-0.2, 0) is 0 Å². The van der Waals surface area contributed by atoms with Crippen LogP contribution < -0.4 is 5.32 Å². The van der Waals surface area contributed by atoms with Crippen molar-refractivity contribution in [1.29, 1.82) is 0 Å². The van der Waals surface area contributed by atoms with Crippen molar-refractivity contribution >= 4 is 0 Å². The van der Waals surface area contributed by atoms with E-state index < -0.39 is 0 Å². The molecule has 2 heteroatoms. The van der Waals surface area contributed by atoms with E-state index in [1.165, 1.54) is 44.9 Å². The Balaban J connectivity index is 1.54. The molecule has 0 aromatic carbocycles. The minimum absolute atomic E-state index is 0.0928. The predicted molar refractivity (Wildman–Crippen MR) is 69.8 cm³/mol. The second kappa shape index (κ2) is 4.89. The highest BCUT2D eigenvalue weighted by atomic mass is 16.3. The summed E-state index contributed by atoms with van der Waals surface area (Å²) in [6.07, 6.45) is 10.5. The Morgan fingerprint density at radius 3 is 2.53 bits per heavy atom. The van der Waals surface area contributed by atoms with Gasteiger partial charge < -0.3 is 10.4 Å². The molecule has 0 heterocycles. The minimum atomic E-state index is -0.0928. The molecule has 2 nitrogen and oxygen atoms in total. The van der Waals surface area contributed by atoms with Gasteiger partial charge in [0.05, 0.1) is 6.10 Å². The SMILES string of the molecule is CC(N[C@H]1CCCC[C@@H]1O)C1CC2CCC1C2. The molecule has 3 saturated carbocycles. The van der Waals surface area contributed by atoms with Crippen LogP contribution in [0.2, 0.25) is 0 Å². The molecule has 6 atom stereocenters. The van der Waals surface area contributed by atoms with E-state index in [4.69, 9.17) is 0 Å². The molecule has 17 heavy (non-hydrogen) atoms. The Morgan fingerprint density at radius 2 is 1.88 bits per heavy atom. The summed E-state index contributed by atoms with van der Waals surface area (Å²) in [7, 11) is 0. The lowest BCUT2D eigenvalue weighted by atomic mass is 9.82. The van der Waals surface area contributed by atoms with Gasteiger partial charge >= 0.3 is 0 Å². The number of aliphatic hydroxyl groups excluding tert-OH is 1. The zero-order valence-electron chi connectivity index (χ0n) is 11.1. The molecule has 0 spiro atoms. The first-order chi connectivity index (χ1) is 8.24. The maximum absolute atomic E-state index is 10.0. The van der Waals surface area contributed by atoms with Crippen molar-refractivity contribution in [1.82, 2.24) is 5.32 Å². The molecule has 4 unspecified atom stereocenters. The summed E-state index contributed by atoms with van der Waals surface area (Å²) >= 11 is 0. The van der Waals surface area contributed by atoms with Crippen molar-refractivity contribution in [2.75, 3.05) is 0 Å². The van der Waals surface area contributed by atoms with Gasteiger partial charge in [-0.05, 0) is 56.8 Å². The maximum atomic E-state index is 10.0. The van der Waals surface area contributed by atoms with E-state index in [0.717, 1.165) is 24.2 Å². The van der Waals surface area contributed by atoms with E-state index in [1.54, 1.807) is 0 Å². The highest BCUT2D eigenvalue weighted by Gasteiger charge is 2.42. The van der Waals surface area contributed by atoms with Gasteiger partial charge in [-0.2, -0.15) is 0 Å². The van der Waals surface area contributed by atoms with Crippen molar-refractivity contribution in [3.63, 3.8) is 0 Å². The van der Waals surface area contributed by atoms with Crippen LogP contribution in [0.15, 0.2) is 0 Å². The van der Waals surface area contributed by atoms with E-state index in [1.807, 2.05) is 0 Å². The van der Waals surface area contributed by atoms with Crippen LogP contribution in [-0.4, -0.2) is 23.3 Å². The van der Waals surface area contributed by atoms with E-state index in [9.17, 15) is 5.11 Å². The third-order valence-electron chi connectivity index (χ3n) is 5.64. The Hall–Kier alpha value is -0.0800. The van der Waals surface area contributed by atoms with Crippen molar-refractivity contribution < 1.29 is 5.11 Å². The van der Waals surface area contributed by atoms with Crippen LogP contribution >= 0.6 is 0 Å². The summed E-state index contributed by atoms with van der Waals surface area (Å²) in [5.74, 6) is 2.91. The Bertz CT molecular complexity index is 268. The first kappa shape index (κ1) is 12.0. The lowest BCUT2D eigenvalue weighted by Gasteiger charge is -2.35. The molecule has 3 aliphatic carbocycles. The van der Waals surface area contributed by atoms with Gasteiger partial charge in [0, 0.05) is 12.1 Å². The topological polar surface area (TPSA) is 32.3 Å². The number of rotatable bonds is 3. The molecule has 0 saturated heterocycles. The van der Waals surface area contributed by atoms with E-state index >= 15 is 0 Å². The van der Waals surface area contributed by atoms with Gasteiger partial charge in [0.2, 0.25) is 0 Å². The van der Waals surface area contributed by atoms with E-state index in [-0.39, 0.29) is 6.10 Å². The van der Waals surface area contributed by atoms with Crippen LogP contribution in [0.4, 0.5) is 0 Å². The average Bonchev–Trinajstić information content (AvgIpc) is 2.94. The summed E-state index contributed by atoms with van der Waals surface area (Å²) in [5, 5.41) is 13.8. The number of aliphatic hydroxyl groups is 1. The fourth-order valence-corrected chi connectivity index (χ4v) is 4.67. The third kappa shape index (κ3) is 2.39. The van der Waals surface area contributed by atoms with Gasteiger partial charge in [-0.15, -0.1) is 0 Å². The molecule has 0 aliphatic heterocycles. The summed E-state index contributed by atoms with van der Waals surface area (Å²) in [4.78, 5) is 0. The molecule has 2 bridgehead atoms. The van der Waals surface area contributed by atoms with Crippen molar-refractivity contribution in [2.45, 2.75) is 76.5 Å². The van der Waals surface area contributed by atoms with Gasteiger partial charge in [0.1, 0.15) is 0 Å². The van der Waals surface area contributed by atoms with Crippen LogP contribution in [0.1, 0.15) is 58.3 Å². The quantitative estimate of drug-likeness (QED) is 0.791. The lowest BCUT2D eigenvalue weighted by Crippen LogP contribution is -2.49. The Morgan fingerprint density at radius 1 is 1.06 bits per heavy atom. The Kier molecular flexibility index (Phi) is 3.45. The van der Waals surface area contributed by atoms with Gasteiger partial charge in [0.25, 0.3) is 0 Å². The average molecular weight is 237 g/mol. The van der Waals surface area contributed by atoms with Gasteiger partial charge in [0.15, 0.2) is 0 Å². The van der Waals surface area contributed by atoms with Crippen molar-refractivity contribution in [2.24, 2.45) is 17.8 Å². The van der Waals surface area contributed by atoms with Gasteiger partial charge in [-0.1, -0.05) is 19.3 Å². The summed E-state index contributed by atoms with van der Waals surface area (Å²) < 4.78 is 0. The molecule has 0 aromatic rings. The first-order valence-corrected chi connectivity index (χ1v) is 7.68. The molecule has 0 radical (unpaired) electrons. The predicted octanol–water partition coefficient (Wildman–Crippen LogP) is 2.70. The molecule has 3 fully saturated rings. The number of nitrogens with one attached hydrogen (secondary N) is 1. The third-order valence-corrected chi connectivity index (χ3v) is 5.64. The van der Waals surface area contributed by atoms with Gasteiger partial charge in [-0.3, -0.25) is 0 Å².